The second-order valence-electron chi connectivity index (χ2n) is 9.37. The number of aromatic nitrogens is 3. The van der Waals surface area contributed by atoms with Crippen molar-refractivity contribution in [2.75, 3.05) is 37.1 Å². The molecule has 1 amide bonds. The normalized spacial score (nSPS) is 12.1. The van der Waals surface area contributed by atoms with Gasteiger partial charge in [-0.05, 0) is 47.9 Å². The van der Waals surface area contributed by atoms with E-state index in [4.69, 9.17) is 4.74 Å². The van der Waals surface area contributed by atoms with Crippen LogP contribution in [0.2, 0.25) is 0 Å². The Morgan fingerprint density at radius 3 is 2.38 bits per heavy atom. The van der Waals surface area contributed by atoms with Crippen LogP contribution in [0.5, 0.6) is 5.75 Å². The number of ether oxygens (including phenoxy) is 1. The van der Waals surface area contributed by atoms with Crippen LogP contribution in [0.25, 0.3) is 22.3 Å². The summed E-state index contributed by atoms with van der Waals surface area (Å²) < 4.78 is 56.8. The third-order valence-corrected chi connectivity index (χ3v) is 7.24. The maximum Gasteiger partial charge on any atom is 0.405 e. The molecule has 2 heterocycles. The van der Waals surface area contributed by atoms with Crippen molar-refractivity contribution in [3.63, 3.8) is 0 Å². The average Bonchev–Trinajstić information content (AvgIpc) is 2.98. The van der Waals surface area contributed by atoms with Crippen molar-refractivity contribution in [3.8, 4) is 17.0 Å². The predicted octanol–water partition coefficient (Wildman–Crippen LogP) is 5.09. The lowest BCUT2D eigenvalue weighted by atomic mass is 10.1. The molecule has 0 radical (unpaired) electrons. The minimum atomic E-state index is -4.47. The Bertz CT molecular complexity index is 1580. The van der Waals surface area contributed by atoms with E-state index in [1.807, 2.05) is 24.3 Å². The molecule has 0 saturated carbocycles. The molecule has 42 heavy (non-hydrogen) atoms. The molecular weight excluding hydrogens is 569 g/mol. The van der Waals surface area contributed by atoms with Crippen LogP contribution in [-0.2, 0) is 28.6 Å². The van der Waals surface area contributed by atoms with Gasteiger partial charge in [-0.3, -0.25) is 9.00 Å². The van der Waals surface area contributed by atoms with Gasteiger partial charge in [0.05, 0.1) is 34.0 Å². The van der Waals surface area contributed by atoms with Crippen molar-refractivity contribution >= 4 is 39.5 Å². The molecule has 1 atom stereocenters. The largest absolute Gasteiger partial charge is 0.495 e. The van der Waals surface area contributed by atoms with E-state index in [9.17, 15) is 22.2 Å². The molecule has 0 bridgehead atoms. The van der Waals surface area contributed by atoms with Gasteiger partial charge in [-0.2, -0.15) is 18.2 Å². The molecule has 0 aliphatic rings. The number of anilines is 2. The number of carbonyl (C=O) groups is 1. The summed E-state index contributed by atoms with van der Waals surface area (Å²) in [5.74, 6) is 0.535. The zero-order valence-corrected chi connectivity index (χ0v) is 24.2. The van der Waals surface area contributed by atoms with Gasteiger partial charge in [0.15, 0.2) is 5.82 Å². The number of nitrogens with zero attached hydrogens (tertiary/aromatic N) is 3. The molecule has 13 heteroatoms. The summed E-state index contributed by atoms with van der Waals surface area (Å²) in [4.78, 5) is 25.2. The van der Waals surface area contributed by atoms with Gasteiger partial charge in [0.25, 0.3) is 0 Å². The highest BCUT2D eigenvalue weighted by Crippen LogP contribution is 2.30. The van der Waals surface area contributed by atoms with Crippen LogP contribution in [0.15, 0.2) is 59.5 Å². The lowest BCUT2D eigenvalue weighted by Gasteiger charge is -2.14. The average molecular weight is 601 g/mol. The summed E-state index contributed by atoms with van der Waals surface area (Å²) in [6.07, 6.45) is -1.80. The zero-order chi connectivity index (χ0) is 30.3. The number of nitrogens with one attached hydrogen (secondary N) is 3. The number of rotatable bonds is 12. The van der Waals surface area contributed by atoms with Crippen LogP contribution in [-0.4, -0.2) is 57.7 Å². The number of hydrogen-bond donors (Lipinski definition) is 3. The lowest BCUT2D eigenvalue weighted by molar-refractivity contribution is -0.120. The molecule has 0 spiro atoms. The van der Waals surface area contributed by atoms with Crippen molar-refractivity contribution in [2.45, 2.75) is 37.4 Å². The summed E-state index contributed by atoms with van der Waals surface area (Å²) >= 11 is 0. The third-order valence-electron chi connectivity index (χ3n) is 6.30. The van der Waals surface area contributed by atoms with Gasteiger partial charge in [0.2, 0.25) is 11.9 Å². The molecule has 0 fully saturated rings. The molecule has 4 aromatic rings. The SMILES string of the molecule is CCC(=O)NCCc1ccc(CNc2nc(NCC(F)(F)F)c3nc(-c4ccc(OC)c(S(C)=O)c4)ccc3n2)cc1. The number of hydrogen-bond acceptors (Lipinski definition) is 8. The second-order valence-corrected chi connectivity index (χ2v) is 10.7. The Kier molecular flexibility index (Phi) is 9.94. The van der Waals surface area contributed by atoms with Crippen LogP contribution < -0.4 is 20.7 Å². The van der Waals surface area contributed by atoms with Gasteiger partial charge in [0.1, 0.15) is 17.8 Å². The van der Waals surface area contributed by atoms with E-state index in [1.54, 1.807) is 37.3 Å². The molecule has 0 aliphatic carbocycles. The van der Waals surface area contributed by atoms with E-state index < -0.39 is 23.5 Å². The maximum atomic E-state index is 13.1. The molecule has 2 aromatic heterocycles. The molecule has 0 saturated heterocycles. The smallest absolute Gasteiger partial charge is 0.405 e. The van der Waals surface area contributed by atoms with Gasteiger partial charge in [-0.25, -0.2) is 9.97 Å². The molecular formula is C29H31F3N6O3S. The standard InChI is InChI=1S/C29H31F3N6O3S/c1-4-25(39)33-14-13-18-5-7-19(8-6-18)16-34-28-37-22-11-10-21(20-9-12-23(41-2)24(15-20)42(3)40)36-26(22)27(38-28)35-17-29(30,31)32/h5-12,15H,4,13-14,16-17H2,1-3H3,(H,33,39)(H2,34,35,37,38). The summed E-state index contributed by atoms with van der Waals surface area (Å²) in [5, 5.41) is 8.27. The molecule has 9 nitrogen and oxygen atoms in total. The van der Waals surface area contributed by atoms with E-state index in [2.05, 4.69) is 30.9 Å². The van der Waals surface area contributed by atoms with Crippen LogP contribution in [0.4, 0.5) is 24.9 Å². The van der Waals surface area contributed by atoms with Crippen LogP contribution in [0, 0.1) is 0 Å². The summed E-state index contributed by atoms with van der Waals surface area (Å²) in [6, 6.07) is 16.2. The van der Waals surface area contributed by atoms with E-state index in [-0.39, 0.29) is 23.2 Å². The number of fused-ring (bicyclic) bond motifs is 1. The first-order valence-corrected chi connectivity index (χ1v) is 14.7. The number of amides is 1. The summed E-state index contributed by atoms with van der Waals surface area (Å²) in [7, 11) is 0.146. The summed E-state index contributed by atoms with van der Waals surface area (Å²) in [5.41, 5.74) is 3.55. The maximum absolute atomic E-state index is 13.1. The summed E-state index contributed by atoms with van der Waals surface area (Å²) in [6.45, 7) is 1.39. The fraction of sp³-hybridized carbons (Fsp3) is 0.310. The molecule has 0 aliphatic heterocycles. The lowest BCUT2D eigenvalue weighted by Crippen LogP contribution is -2.24. The quantitative estimate of drug-likeness (QED) is 0.206. The van der Waals surface area contributed by atoms with Crippen molar-refractivity contribution in [1.29, 1.82) is 0 Å². The van der Waals surface area contributed by atoms with Crippen LogP contribution >= 0.6 is 0 Å². The minimum absolute atomic E-state index is 0.00535. The van der Waals surface area contributed by atoms with Gasteiger partial charge >= 0.3 is 6.18 Å². The fourth-order valence-corrected chi connectivity index (χ4v) is 4.83. The Morgan fingerprint density at radius 2 is 1.71 bits per heavy atom. The molecule has 3 N–H and O–H groups in total. The highest BCUT2D eigenvalue weighted by Gasteiger charge is 2.27. The first-order chi connectivity index (χ1) is 20.1. The van der Waals surface area contributed by atoms with Crippen molar-refractivity contribution in [1.82, 2.24) is 20.3 Å². The van der Waals surface area contributed by atoms with Gasteiger partial charge in [-0.1, -0.05) is 31.2 Å². The molecule has 222 valence electrons. The fourth-order valence-electron chi connectivity index (χ4n) is 4.10. The Morgan fingerprint density at radius 1 is 0.976 bits per heavy atom. The van der Waals surface area contributed by atoms with Crippen molar-refractivity contribution < 1.29 is 26.9 Å². The van der Waals surface area contributed by atoms with Crippen molar-refractivity contribution in [3.05, 3.63) is 65.7 Å². The Balaban J connectivity index is 1.57. The highest BCUT2D eigenvalue weighted by atomic mass is 32.2. The Labute approximate surface area is 243 Å². The number of carbonyl (C=O) groups excluding carboxylic acids is 1. The first-order valence-electron chi connectivity index (χ1n) is 13.2. The highest BCUT2D eigenvalue weighted by molar-refractivity contribution is 7.84. The molecule has 1 unspecified atom stereocenters. The number of benzene rings is 2. The minimum Gasteiger partial charge on any atom is -0.495 e. The Hall–Kier alpha value is -4.26. The van der Waals surface area contributed by atoms with E-state index >= 15 is 0 Å². The van der Waals surface area contributed by atoms with E-state index in [0.717, 1.165) is 11.1 Å². The van der Waals surface area contributed by atoms with E-state index in [1.165, 1.54) is 13.4 Å². The van der Waals surface area contributed by atoms with Crippen molar-refractivity contribution in [2.24, 2.45) is 0 Å². The van der Waals surface area contributed by atoms with Crippen LogP contribution in [0.3, 0.4) is 0 Å². The predicted molar refractivity (Wildman–Crippen MR) is 157 cm³/mol. The molecule has 2 aromatic carbocycles. The van der Waals surface area contributed by atoms with Gasteiger partial charge in [0, 0.05) is 31.3 Å². The number of alkyl halides is 3. The molecule has 4 rings (SSSR count). The van der Waals surface area contributed by atoms with Gasteiger partial charge < -0.3 is 20.7 Å². The topological polar surface area (TPSA) is 118 Å². The van der Waals surface area contributed by atoms with Gasteiger partial charge in [-0.15, -0.1) is 0 Å². The van der Waals surface area contributed by atoms with Crippen LogP contribution in [0.1, 0.15) is 24.5 Å². The second kappa shape index (κ2) is 13.6. The zero-order valence-electron chi connectivity index (χ0n) is 23.3. The monoisotopic (exact) mass is 600 g/mol. The first kappa shape index (κ1) is 30.7. The van der Waals surface area contributed by atoms with E-state index in [0.29, 0.717) is 53.4 Å². The number of halogens is 3. The number of methoxy groups -OCH3 is 1. The number of pyridine rings is 1. The third kappa shape index (κ3) is 8.15.